The first-order chi connectivity index (χ1) is 15.6. The summed E-state index contributed by atoms with van der Waals surface area (Å²) in [4.78, 5) is 22.0. The van der Waals surface area contributed by atoms with Gasteiger partial charge in [0.25, 0.3) is 0 Å². The molecule has 32 heavy (non-hydrogen) atoms. The van der Waals surface area contributed by atoms with E-state index in [9.17, 15) is 9.18 Å². The molecule has 0 unspecified atom stereocenters. The van der Waals surface area contributed by atoms with Crippen molar-refractivity contribution in [2.45, 2.75) is 13.0 Å². The van der Waals surface area contributed by atoms with Gasteiger partial charge in [0, 0.05) is 18.5 Å². The van der Waals surface area contributed by atoms with Gasteiger partial charge < -0.3 is 10.1 Å². The number of aliphatic imine (C=N–C) groups is 2. The molecule has 162 valence electrons. The van der Waals surface area contributed by atoms with Crippen molar-refractivity contribution in [3.8, 4) is 5.75 Å². The van der Waals surface area contributed by atoms with Gasteiger partial charge in [-0.15, -0.1) is 11.8 Å². The molecule has 0 bridgehead atoms. The SMILES string of the molecule is COc1ccccc1CNC(=O)CSC1=Nc2ccccc2N=C(c2ccc(F)cc2)C1. The second-order valence-corrected chi connectivity index (χ2v) is 8.16. The van der Waals surface area contributed by atoms with Crippen LogP contribution in [-0.2, 0) is 11.3 Å². The molecule has 7 heteroatoms. The Kier molecular flexibility index (Phi) is 6.97. The molecule has 3 aromatic carbocycles. The fourth-order valence-corrected chi connectivity index (χ4v) is 4.09. The van der Waals surface area contributed by atoms with Crippen molar-refractivity contribution in [3.05, 3.63) is 89.7 Å². The van der Waals surface area contributed by atoms with Crippen molar-refractivity contribution >= 4 is 39.8 Å². The number of rotatable bonds is 6. The number of hydrogen-bond acceptors (Lipinski definition) is 5. The molecular formula is C25H22FN3O2S. The average molecular weight is 448 g/mol. The topological polar surface area (TPSA) is 63.0 Å². The van der Waals surface area contributed by atoms with E-state index in [-0.39, 0.29) is 17.5 Å². The quantitative estimate of drug-likeness (QED) is 0.547. The normalized spacial score (nSPS) is 12.8. The maximum absolute atomic E-state index is 13.4. The maximum atomic E-state index is 13.4. The van der Waals surface area contributed by atoms with Crippen LogP contribution < -0.4 is 10.1 Å². The third kappa shape index (κ3) is 5.42. The summed E-state index contributed by atoms with van der Waals surface area (Å²) in [6.07, 6.45) is 0.463. The van der Waals surface area contributed by atoms with Crippen molar-refractivity contribution in [1.29, 1.82) is 0 Å². The lowest BCUT2D eigenvalue weighted by atomic mass is 10.1. The van der Waals surface area contributed by atoms with E-state index in [2.05, 4.69) is 5.32 Å². The van der Waals surface area contributed by atoms with E-state index in [0.717, 1.165) is 39.0 Å². The molecule has 0 fully saturated rings. The molecule has 1 amide bonds. The molecule has 0 saturated heterocycles. The van der Waals surface area contributed by atoms with Crippen molar-refractivity contribution < 1.29 is 13.9 Å². The van der Waals surface area contributed by atoms with Crippen molar-refractivity contribution in [3.63, 3.8) is 0 Å². The zero-order chi connectivity index (χ0) is 22.3. The van der Waals surface area contributed by atoms with Gasteiger partial charge in [0.1, 0.15) is 11.6 Å². The molecule has 5 nitrogen and oxygen atoms in total. The number of para-hydroxylation sites is 3. The Labute approximate surface area is 190 Å². The van der Waals surface area contributed by atoms with E-state index in [1.54, 1.807) is 19.2 Å². The van der Waals surface area contributed by atoms with Crippen LogP contribution in [0.1, 0.15) is 17.5 Å². The number of amides is 1. The summed E-state index contributed by atoms with van der Waals surface area (Å²) in [7, 11) is 1.61. The molecular weight excluding hydrogens is 425 g/mol. The second-order valence-electron chi connectivity index (χ2n) is 7.11. The number of carbonyl (C=O) groups excluding carboxylic acids is 1. The molecule has 3 aromatic rings. The van der Waals surface area contributed by atoms with Crippen LogP contribution in [0.3, 0.4) is 0 Å². The smallest absolute Gasteiger partial charge is 0.230 e. The van der Waals surface area contributed by atoms with Gasteiger partial charge in [-0.2, -0.15) is 0 Å². The number of halogens is 1. The predicted octanol–water partition coefficient (Wildman–Crippen LogP) is 5.44. The average Bonchev–Trinajstić information content (AvgIpc) is 3.01. The standard InChI is InChI=1S/C25H22FN3O2S/c1-31-23-9-5-2-6-18(23)15-27-24(30)16-32-25-14-22(17-10-12-19(26)13-11-17)28-20-7-3-4-8-21(20)29-25/h2-13H,14-16H2,1H3,(H,27,30). The number of ether oxygens (including phenoxy) is 1. The predicted molar refractivity (Wildman–Crippen MR) is 128 cm³/mol. The van der Waals surface area contributed by atoms with Gasteiger partial charge in [0.15, 0.2) is 0 Å². The summed E-state index contributed by atoms with van der Waals surface area (Å²) >= 11 is 1.38. The number of nitrogens with one attached hydrogen (secondary N) is 1. The molecule has 0 saturated carbocycles. The summed E-state index contributed by atoms with van der Waals surface area (Å²) in [5.41, 5.74) is 4.04. The number of methoxy groups -OCH3 is 1. The van der Waals surface area contributed by atoms with Gasteiger partial charge in [0.05, 0.1) is 35.0 Å². The highest BCUT2D eigenvalue weighted by Gasteiger charge is 2.17. The zero-order valence-corrected chi connectivity index (χ0v) is 18.4. The first-order valence-corrected chi connectivity index (χ1v) is 11.1. The molecule has 1 aliphatic rings. The first-order valence-electron chi connectivity index (χ1n) is 10.1. The third-order valence-corrected chi connectivity index (χ3v) is 5.89. The Morgan fingerprint density at radius 3 is 2.44 bits per heavy atom. The number of carbonyl (C=O) groups is 1. The van der Waals surface area contributed by atoms with Crippen LogP contribution in [-0.4, -0.2) is 29.5 Å². The maximum Gasteiger partial charge on any atom is 0.230 e. The van der Waals surface area contributed by atoms with Crippen molar-refractivity contribution in [1.82, 2.24) is 5.32 Å². The minimum atomic E-state index is -0.293. The van der Waals surface area contributed by atoms with Crippen LogP contribution in [0.2, 0.25) is 0 Å². The second kappa shape index (κ2) is 10.2. The lowest BCUT2D eigenvalue weighted by Crippen LogP contribution is -2.25. The van der Waals surface area contributed by atoms with E-state index in [1.807, 2.05) is 48.5 Å². The number of thioether (sulfide) groups is 1. The van der Waals surface area contributed by atoms with Crippen LogP contribution >= 0.6 is 11.8 Å². The third-order valence-electron chi connectivity index (χ3n) is 4.92. The highest BCUT2D eigenvalue weighted by molar-refractivity contribution is 8.14. The molecule has 0 spiro atoms. The first kappa shape index (κ1) is 21.8. The van der Waals surface area contributed by atoms with E-state index in [0.29, 0.717) is 13.0 Å². The van der Waals surface area contributed by atoms with Crippen LogP contribution in [0.4, 0.5) is 15.8 Å². The number of nitrogens with zero attached hydrogens (tertiary/aromatic N) is 2. The Hall–Kier alpha value is -3.45. The van der Waals surface area contributed by atoms with E-state index in [1.165, 1.54) is 23.9 Å². The summed E-state index contributed by atoms with van der Waals surface area (Å²) in [6.45, 7) is 0.390. The summed E-state index contributed by atoms with van der Waals surface area (Å²) in [5, 5.41) is 3.71. The van der Waals surface area contributed by atoms with Gasteiger partial charge in [-0.3, -0.25) is 9.79 Å². The molecule has 0 aliphatic carbocycles. The molecule has 0 aromatic heterocycles. The Balaban J connectivity index is 1.46. The Morgan fingerprint density at radius 1 is 1.00 bits per heavy atom. The lowest BCUT2D eigenvalue weighted by molar-refractivity contribution is -0.118. The van der Waals surface area contributed by atoms with Gasteiger partial charge >= 0.3 is 0 Å². The van der Waals surface area contributed by atoms with Crippen LogP contribution in [0.15, 0.2) is 82.8 Å². The van der Waals surface area contributed by atoms with Crippen LogP contribution in [0.25, 0.3) is 0 Å². The van der Waals surface area contributed by atoms with Crippen LogP contribution in [0.5, 0.6) is 5.75 Å². The minimum absolute atomic E-state index is 0.0959. The fourth-order valence-electron chi connectivity index (χ4n) is 3.29. The summed E-state index contributed by atoms with van der Waals surface area (Å²) in [5.74, 6) is 0.581. The van der Waals surface area contributed by atoms with E-state index in [4.69, 9.17) is 14.7 Å². The van der Waals surface area contributed by atoms with Gasteiger partial charge in [-0.25, -0.2) is 9.38 Å². The van der Waals surface area contributed by atoms with Gasteiger partial charge in [-0.05, 0) is 35.9 Å². The molecule has 0 atom stereocenters. The van der Waals surface area contributed by atoms with Gasteiger partial charge in [-0.1, -0.05) is 42.5 Å². The zero-order valence-electron chi connectivity index (χ0n) is 17.5. The number of hydrogen-bond donors (Lipinski definition) is 1. The van der Waals surface area contributed by atoms with E-state index >= 15 is 0 Å². The Bertz CT molecular complexity index is 1180. The minimum Gasteiger partial charge on any atom is -0.496 e. The molecule has 1 aliphatic heterocycles. The molecule has 1 N–H and O–H groups in total. The van der Waals surface area contributed by atoms with Gasteiger partial charge in [0.2, 0.25) is 5.91 Å². The summed E-state index contributed by atoms with van der Waals surface area (Å²) < 4.78 is 18.7. The Morgan fingerprint density at radius 2 is 1.69 bits per heavy atom. The lowest BCUT2D eigenvalue weighted by Gasteiger charge is -2.10. The van der Waals surface area contributed by atoms with Crippen molar-refractivity contribution in [2.75, 3.05) is 12.9 Å². The number of fused-ring (bicyclic) bond motifs is 1. The van der Waals surface area contributed by atoms with Crippen molar-refractivity contribution in [2.24, 2.45) is 9.98 Å². The highest BCUT2D eigenvalue weighted by atomic mass is 32.2. The molecule has 1 heterocycles. The van der Waals surface area contributed by atoms with E-state index < -0.39 is 0 Å². The van der Waals surface area contributed by atoms with Crippen LogP contribution in [0, 0.1) is 5.82 Å². The molecule has 4 rings (SSSR count). The monoisotopic (exact) mass is 447 g/mol. The largest absolute Gasteiger partial charge is 0.496 e. The summed E-state index contributed by atoms with van der Waals surface area (Å²) in [6, 6.07) is 21.5. The molecule has 0 radical (unpaired) electrons. The fraction of sp³-hybridized carbons (Fsp3) is 0.160. The highest BCUT2D eigenvalue weighted by Crippen LogP contribution is 2.33. The number of benzene rings is 3.